The van der Waals surface area contributed by atoms with Crippen LogP contribution in [0.5, 0.6) is 0 Å². The van der Waals surface area contributed by atoms with Gasteiger partial charge in [-0.3, -0.25) is 4.90 Å². The summed E-state index contributed by atoms with van der Waals surface area (Å²) in [6, 6.07) is 26.5. The van der Waals surface area contributed by atoms with Gasteiger partial charge in [-0.05, 0) is 60.6 Å². The number of nitrogens with zero attached hydrogens (tertiary/aromatic N) is 1. The molecule has 0 saturated carbocycles. The Labute approximate surface area is 180 Å². The highest BCUT2D eigenvalue weighted by Crippen LogP contribution is 2.35. The Morgan fingerprint density at radius 1 is 0.966 bits per heavy atom. The van der Waals surface area contributed by atoms with E-state index in [9.17, 15) is 4.79 Å². The summed E-state index contributed by atoms with van der Waals surface area (Å²) in [7, 11) is 0. The Kier molecular flexibility index (Phi) is 6.30. The van der Waals surface area contributed by atoms with E-state index in [2.05, 4.69) is 46.3 Å². The zero-order valence-corrected chi connectivity index (χ0v) is 17.8. The van der Waals surface area contributed by atoms with E-state index in [0.717, 1.165) is 41.4 Å². The van der Waals surface area contributed by atoms with Crippen molar-refractivity contribution in [3.05, 3.63) is 100 Å². The Morgan fingerprint density at radius 3 is 2.38 bits per heavy atom. The van der Waals surface area contributed by atoms with E-state index >= 15 is 0 Å². The lowest BCUT2D eigenvalue weighted by Gasteiger charge is -2.36. The quantitative estimate of drug-likeness (QED) is 0.442. The van der Waals surface area contributed by atoms with Crippen molar-refractivity contribution in [2.24, 2.45) is 0 Å². The van der Waals surface area contributed by atoms with Gasteiger partial charge in [-0.2, -0.15) is 0 Å². The third kappa shape index (κ3) is 4.88. The van der Waals surface area contributed by atoms with Gasteiger partial charge in [-0.15, -0.1) is 0 Å². The van der Waals surface area contributed by atoms with Gasteiger partial charge in [0.1, 0.15) is 6.61 Å². The van der Waals surface area contributed by atoms with Crippen molar-refractivity contribution in [2.75, 3.05) is 4.90 Å². The minimum absolute atomic E-state index is 0.132. The molecule has 0 aliphatic carbocycles. The maximum atomic E-state index is 13.1. The van der Waals surface area contributed by atoms with E-state index in [1.165, 1.54) is 11.1 Å². The second-order valence-electron chi connectivity index (χ2n) is 7.40. The van der Waals surface area contributed by atoms with Crippen molar-refractivity contribution in [3.63, 3.8) is 0 Å². The van der Waals surface area contributed by atoms with E-state index in [0.29, 0.717) is 0 Å². The molecule has 4 rings (SSSR count). The van der Waals surface area contributed by atoms with Gasteiger partial charge in [-0.25, -0.2) is 4.79 Å². The molecule has 3 aromatic rings. The summed E-state index contributed by atoms with van der Waals surface area (Å²) < 4.78 is 6.75. The number of anilines is 1. The number of carbonyl (C=O) groups is 1. The maximum Gasteiger partial charge on any atom is 0.414 e. The van der Waals surface area contributed by atoms with Crippen molar-refractivity contribution in [3.8, 4) is 0 Å². The summed E-state index contributed by atoms with van der Waals surface area (Å²) in [5.41, 5.74) is 4.45. The standard InChI is InChI=1S/C25H24BrNO2/c26-22-13-16-24-21(17-22)12-15-23(14-11-19-7-3-1-4-8-19)27(24)25(28)29-18-20-9-5-2-6-10-20/h1-10,13,16-17,23H,11-12,14-15,18H2. The Hall–Kier alpha value is -2.59. The van der Waals surface area contributed by atoms with Crippen LogP contribution in [0.1, 0.15) is 29.5 Å². The van der Waals surface area contributed by atoms with Gasteiger partial charge in [0.15, 0.2) is 0 Å². The normalized spacial score (nSPS) is 15.6. The van der Waals surface area contributed by atoms with Crippen LogP contribution in [-0.4, -0.2) is 12.1 Å². The summed E-state index contributed by atoms with van der Waals surface area (Å²) in [4.78, 5) is 15.0. The summed E-state index contributed by atoms with van der Waals surface area (Å²) in [6.07, 6.45) is 3.50. The minimum Gasteiger partial charge on any atom is -0.444 e. The molecule has 1 amide bonds. The first-order valence-corrected chi connectivity index (χ1v) is 10.8. The third-order valence-corrected chi connectivity index (χ3v) is 5.92. The number of benzene rings is 3. The van der Waals surface area contributed by atoms with E-state index in [-0.39, 0.29) is 18.7 Å². The molecule has 0 N–H and O–H groups in total. The van der Waals surface area contributed by atoms with Gasteiger partial charge in [0, 0.05) is 10.5 Å². The number of rotatable bonds is 5. The predicted octanol–water partition coefficient (Wildman–Crippen LogP) is 6.54. The number of hydrogen-bond donors (Lipinski definition) is 0. The monoisotopic (exact) mass is 449 g/mol. The zero-order valence-electron chi connectivity index (χ0n) is 16.3. The maximum absolute atomic E-state index is 13.1. The molecular weight excluding hydrogens is 426 g/mol. The number of carbonyl (C=O) groups excluding carboxylic acids is 1. The summed E-state index contributed by atoms with van der Waals surface area (Å²) >= 11 is 3.55. The van der Waals surface area contributed by atoms with Crippen molar-refractivity contribution < 1.29 is 9.53 Å². The van der Waals surface area contributed by atoms with E-state index < -0.39 is 0 Å². The first kappa shape index (κ1) is 19.7. The molecule has 29 heavy (non-hydrogen) atoms. The molecule has 1 atom stereocenters. The van der Waals surface area contributed by atoms with Crippen LogP contribution < -0.4 is 4.90 Å². The number of hydrogen-bond acceptors (Lipinski definition) is 2. The second kappa shape index (κ2) is 9.27. The molecule has 148 valence electrons. The molecule has 1 unspecified atom stereocenters. The topological polar surface area (TPSA) is 29.5 Å². The van der Waals surface area contributed by atoms with Gasteiger partial charge in [0.05, 0.1) is 5.69 Å². The van der Waals surface area contributed by atoms with Crippen molar-refractivity contribution in [1.29, 1.82) is 0 Å². The van der Waals surface area contributed by atoms with E-state index in [1.54, 1.807) is 0 Å². The van der Waals surface area contributed by atoms with E-state index in [1.807, 2.05) is 53.4 Å². The molecule has 3 aromatic carbocycles. The van der Waals surface area contributed by atoms with Gasteiger partial charge in [0.25, 0.3) is 0 Å². The van der Waals surface area contributed by atoms with E-state index in [4.69, 9.17) is 4.74 Å². The molecule has 0 radical (unpaired) electrons. The lowest BCUT2D eigenvalue weighted by Crippen LogP contribution is -2.44. The van der Waals surface area contributed by atoms with Crippen molar-refractivity contribution in [2.45, 2.75) is 38.3 Å². The highest BCUT2D eigenvalue weighted by molar-refractivity contribution is 9.10. The Bertz CT molecular complexity index is 959. The fourth-order valence-corrected chi connectivity index (χ4v) is 4.33. The van der Waals surface area contributed by atoms with Gasteiger partial charge >= 0.3 is 6.09 Å². The van der Waals surface area contributed by atoms with Crippen LogP contribution in [0.3, 0.4) is 0 Å². The summed E-state index contributed by atoms with van der Waals surface area (Å²) in [5.74, 6) is 0. The minimum atomic E-state index is -0.268. The molecule has 4 heteroatoms. The highest BCUT2D eigenvalue weighted by Gasteiger charge is 2.32. The zero-order chi connectivity index (χ0) is 20.1. The van der Waals surface area contributed by atoms with Crippen LogP contribution in [0.15, 0.2) is 83.3 Å². The molecule has 0 saturated heterocycles. The molecule has 0 spiro atoms. The number of fused-ring (bicyclic) bond motifs is 1. The second-order valence-corrected chi connectivity index (χ2v) is 8.32. The van der Waals surface area contributed by atoms with Crippen LogP contribution in [0.25, 0.3) is 0 Å². The molecule has 0 aromatic heterocycles. The van der Waals surface area contributed by atoms with Crippen molar-refractivity contribution in [1.82, 2.24) is 0 Å². The van der Waals surface area contributed by atoms with Gasteiger partial charge in [0.2, 0.25) is 0 Å². The number of halogens is 1. The summed E-state index contributed by atoms with van der Waals surface area (Å²) in [6.45, 7) is 0.285. The summed E-state index contributed by atoms with van der Waals surface area (Å²) in [5, 5.41) is 0. The smallest absolute Gasteiger partial charge is 0.414 e. The number of ether oxygens (including phenoxy) is 1. The molecule has 1 heterocycles. The molecule has 1 aliphatic heterocycles. The van der Waals surface area contributed by atoms with Crippen LogP contribution in [0, 0.1) is 0 Å². The van der Waals surface area contributed by atoms with Gasteiger partial charge < -0.3 is 4.74 Å². The molecule has 1 aliphatic rings. The third-order valence-electron chi connectivity index (χ3n) is 5.42. The SMILES string of the molecule is O=C(OCc1ccccc1)N1c2ccc(Br)cc2CCC1CCc1ccccc1. The first-order chi connectivity index (χ1) is 14.2. The largest absolute Gasteiger partial charge is 0.444 e. The lowest BCUT2D eigenvalue weighted by molar-refractivity contribution is 0.143. The van der Waals surface area contributed by atoms with Crippen LogP contribution in [0.2, 0.25) is 0 Å². The molecule has 0 bridgehead atoms. The van der Waals surface area contributed by atoms with Crippen LogP contribution in [-0.2, 0) is 24.2 Å². The van der Waals surface area contributed by atoms with Gasteiger partial charge in [-0.1, -0.05) is 76.6 Å². The first-order valence-electron chi connectivity index (χ1n) is 10.0. The predicted molar refractivity (Wildman–Crippen MR) is 120 cm³/mol. The van der Waals surface area contributed by atoms with Crippen LogP contribution >= 0.6 is 15.9 Å². The van der Waals surface area contributed by atoms with Crippen molar-refractivity contribution >= 4 is 27.7 Å². The molecule has 0 fully saturated rings. The average Bonchev–Trinajstić information content (AvgIpc) is 2.77. The highest BCUT2D eigenvalue weighted by atomic mass is 79.9. The fourth-order valence-electron chi connectivity index (χ4n) is 3.92. The fraction of sp³-hybridized carbons (Fsp3) is 0.240. The molecule has 3 nitrogen and oxygen atoms in total. The number of amides is 1. The molecular formula is C25H24BrNO2. The number of aryl methyl sites for hydroxylation is 2. The Balaban J connectivity index is 1.53. The average molecular weight is 450 g/mol. The van der Waals surface area contributed by atoms with Crippen LogP contribution in [0.4, 0.5) is 10.5 Å². The Morgan fingerprint density at radius 2 is 1.66 bits per heavy atom. The lowest BCUT2D eigenvalue weighted by atomic mass is 9.92.